The number of para-hydroxylation sites is 1. The van der Waals surface area contributed by atoms with Gasteiger partial charge in [0.25, 0.3) is 5.91 Å². The molecule has 0 saturated heterocycles. The summed E-state index contributed by atoms with van der Waals surface area (Å²) in [4.78, 5) is 15.4. The summed E-state index contributed by atoms with van der Waals surface area (Å²) in [6, 6.07) is 7.16. The molecule has 2 rings (SSSR count). The van der Waals surface area contributed by atoms with Gasteiger partial charge >= 0.3 is 0 Å². The standard InChI is InChI=1S/C13H16N4O2/c1-2-16(9-10-18)13(19)11-5-3-4-6-12(11)17-14-7-8-15-17/h3-8,18H,2,9-10H2,1H3. The molecule has 0 spiro atoms. The minimum atomic E-state index is -0.135. The maximum Gasteiger partial charge on any atom is 0.256 e. The van der Waals surface area contributed by atoms with E-state index in [1.165, 1.54) is 4.80 Å². The Morgan fingerprint density at radius 1 is 1.32 bits per heavy atom. The zero-order valence-corrected chi connectivity index (χ0v) is 10.7. The highest BCUT2D eigenvalue weighted by atomic mass is 16.3. The molecule has 19 heavy (non-hydrogen) atoms. The van der Waals surface area contributed by atoms with Gasteiger partial charge in [-0.25, -0.2) is 0 Å². The number of benzene rings is 1. The van der Waals surface area contributed by atoms with E-state index in [-0.39, 0.29) is 12.5 Å². The highest BCUT2D eigenvalue weighted by Gasteiger charge is 2.18. The Hall–Kier alpha value is -2.21. The summed E-state index contributed by atoms with van der Waals surface area (Å²) in [7, 11) is 0. The average molecular weight is 260 g/mol. The lowest BCUT2D eigenvalue weighted by Crippen LogP contribution is -2.34. The molecular weight excluding hydrogens is 244 g/mol. The van der Waals surface area contributed by atoms with E-state index in [4.69, 9.17) is 5.11 Å². The minimum absolute atomic E-state index is 0.0538. The Bertz CT molecular complexity index is 539. The van der Waals surface area contributed by atoms with E-state index in [1.807, 2.05) is 13.0 Å². The summed E-state index contributed by atoms with van der Waals surface area (Å²) in [6.07, 6.45) is 3.12. The summed E-state index contributed by atoms with van der Waals surface area (Å²) in [5.41, 5.74) is 1.16. The molecule has 1 heterocycles. The van der Waals surface area contributed by atoms with Crippen molar-refractivity contribution in [1.82, 2.24) is 19.9 Å². The molecule has 0 aliphatic heterocycles. The van der Waals surface area contributed by atoms with E-state index in [0.29, 0.717) is 24.3 Å². The number of carbonyl (C=O) groups excluding carboxylic acids is 1. The first kappa shape index (κ1) is 13.2. The van der Waals surface area contributed by atoms with Crippen molar-refractivity contribution in [3.63, 3.8) is 0 Å². The van der Waals surface area contributed by atoms with Crippen LogP contribution in [0.15, 0.2) is 36.7 Å². The van der Waals surface area contributed by atoms with Crippen molar-refractivity contribution < 1.29 is 9.90 Å². The third-order valence-corrected chi connectivity index (χ3v) is 2.81. The largest absolute Gasteiger partial charge is 0.395 e. The average Bonchev–Trinajstić information content (AvgIpc) is 2.98. The van der Waals surface area contributed by atoms with Crippen LogP contribution < -0.4 is 0 Å². The SMILES string of the molecule is CCN(CCO)C(=O)c1ccccc1-n1nccn1. The fourth-order valence-corrected chi connectivity index (χ4v) is 1.86. The molecule has 0 aliphatic rings. The molecule has 6 heteroatoms. The van der Waals surface area contributed by atoms with Crippen LogP contribution in [0.2, 0.25) is 0 Å². The van der Waals surface area contributed by atoms with Gasteiger partial charge in [-0.3, -0.25) is 4.79 Å². The van der Waals surface area contributed by atoms with Gasteiger partial charge < -0.3 is 10.0 Å². The predicted molar refractivity (Wildman–Crippen MR) is 70.0 cm³/mol. The van der Waals surface area contributed by atoms with Crippen LogP contribution in [0.4, 0.5) is 0 Å². The normalized spacial score (nSPS) is 10.4. The third-order valence-electron chi connectivity index (χ3n) is 2.81. The molecule has 0 atom stereocenters. The minimum Gasteiger partial charge on any atom is -0.395 e. The van der Waals surface area contributed by atoms with Gasteiger partial charge in [0.2, 0.25) is 0 Å². The van der Waals surface area contributed by atoms with E-state index >= 15 is 0 Å². The van der Waals surface area contributed by atoms with Crippen molar-refractivity contribution in [2.24, 2.45) is 0 Å². The molecule has 0 aliphatic carbocycles. The summed E-state index contributed by atoms with van der Waals surface area (Å²) >= 11 is 0. The van der Waals surface area contributed by atoms with Crippen LogP contribution in [0.3, 0.4) is 0 Å². The maximum atomic E-state index is 12.4. The Kier molecular flexibility index (Phi) is 4.25. The fourth-order valence-electron chi connectivity index (χ4n) is 1.86. The number of aromatic nitrogens is 3. The Balaban J connectivity index is 2.37. The van der Waals surface area contributed by atoms with Crippen LogP contribution in [0.1, 0.15) is 17.3 Å². The topological polar surface area (TPSA) is 71.2 Å². The van der Waals surface area contributed by atoms with Gasteiger partial charge in [-0.05, 0) is 19.1 Å². The van der Waals surface area contributed by atoms with Gasteiger partial charge in [0.1, 0.15) is 0 Å². The highest BCUT2D eigenvalue weighted by Crippen LogP contribution is 2.14. The van der Waals surface area contributed by atoms with E-state index in [0.717, 1.165) is 0 Å². The van der Waals surface area contributed by atoms with E-state index in [2.05, 4.69) is 10.2 Å². The number of aliphatic hydroxyl groups is 1. The first-order valence-electron chi connectivity index (χ1n) is 6.13. The number of carbonyl (C=O) groups is 1. The predicted octanol–water partition coefficient (Wildman–Crippen LogP) is 0.722. The van der Waals surface area contributed by atoms with Crippen molar-refractivity contribution in [3.05, 3.63) is 42.2 Å². The number of rotatable bonds is 5. The second-order valence-corrected chi connectivity index (χ2v) is 3.94. The number of nitrogens with zero attached hydrogens (tertiary/aromatic N) is 4. The number of hydrogen-bond donors (Lipinski definition) is 1. The Morgan fingerprint density at radius 3 is 2.63 bits per heavy atom. The first-order valence-corrected chi connectivity index (χ1v) is 6.13. The number of aliphatic hydroxyl groups excluding tert-OH is 1. The van der Waals surface area contributed by atoms with Crippen molar-refractivity contribution in [1.29, 1.82) is 0 Å². The maximum absolute atomic E-state index is 12.4. The van der Waals surface area contributed by atoms with Crippen LogP contribution >= 0.6 is 0 Å². The number of likely N-dealkylation sites (N-methyl/N-ethyl adjacent to an activating group) is 1. The second-order valence-electron chi connectivity index (χ2n) is 3.94. The van der Waals surface area contributed by atoms with Gasteiger partial charge in [0.05, 0.1) is 30.3 Å². The molecule has 100 valence electrons. The second kappa shape index (κ2) is 6.10. The molecule has 1 amide bonds. The van der Waals surface area contributed by atoms with E-state index < -0.39 is 0 Å². The molecule has 0 saturated carbocycles. The van der Waals surface area contributed by atoms with Crippen molar-refractivity contribution in [3.8, 4) is 5.69 Å². The van der Waals surface area contributed by atoms with Gasteiger partial charge in [-0.2, -0.15) is 15.0 Å². The van der Waals surface area contributed by atoms with Crippen LogP contribution in [0, 0.1) is 0 Å². The number of amides is 1. The van der Waals surface area contributed by atoms with Crippen LogP contribution in [0.25, 0.3) is 5.69 Å². The zero-order valence-electron chi connectivity index (χ0n) is 10.7. The Labute approximate surface area is 111 Å². The molecule has 1 aromatic heterocycles. The lowest BCUT2D eigenvalue weighted by atomic mass is 10.1. The number of hydrogen-bond acceptors (Lipinski definition) is 4. The van der Waals surface area contributed by atoms with Crippen LogP contribution in [0.5, 0.6) is 0 Å². The van der Waals surface area contributed by atoms with E-state index in [9.17, 15) is 4.79 Å². The fraction of sp³-hybridized carbons (Fsp3) is 0.308. The molecule has 2 aromatic rings. The monoisotopic (exact) mass is 260 g/mol. The molecular formula is C13H16N4O2. The molecule has 0 radical (unpaired) electrons. The molecule has 1 aromatic carbocycles. The smallest absolute Gasteiger partial charge is 0.256 e. The van der Waals surface area contributed by atoms with Gasteiger partial charge in [-0.15, -0.1) is 0 Å². The highest BCUT2D eigenvalue weighted by molar-refractivity contribution is 5.97. The van der Waals surface area contributed by atoms with Gasteiger partial charge in [0.15, 0.2) is 0 Å². The summed E-state index contributed by atoms with van der Waals surface area (Å²) in [5, 5.41) is 17.1. The van der Waals surface area contributed by atoms with E-state index in [1.54, 1.807) is 35.5 Å². The summed E-state index contributed by atoms with van der Waals surface area (Å²) in [6.45, 7) is 2.68. The molecule has 1 N–H and O–H groups in total. The Morgan fingerprint density at radius 2 is 2.00 bits per heavy atom. The molecule has 0 bridgehead atoms. The lowest BCUT2D eigenvalue weighted by Gasteiger charge is -2.20. The summed E-state index contributed by atoms with van der Waals surface area (Å²) < 4.78 is 0. The molecule has 0 fully saturated rings. The first-order chi connectivity index (χ1) is 9.27. The zero-order chi connectivity index (χ0) is 13.7. The van der Waals surface area contributed by atoms with Crippen molar-refractivity contribution in [2.75, 3.05) is 19.7 Å². The summed E-state index contributed by atoms with van der Waals surface area (Å²) in [5.74, 6) is -0.135. The lowest BCUT2D eigenvalue weighted by molar-refractivity contribution is 0.0731. The van der Waals surface area contributed by atoms with Crippen LogP contribution in [-0.4, -0.2) is 50.6 Å². The van der Waals surface area contributed by atoms with Gasteiger partial charge in [-0.1, -0.05) is 12.1 Å². The quantitative estimate of drug-likeness (QED) is 0.860. The molecule has 6 nitrogen and oxygen atoms in total. The third kappa shape index (κ3) is 2.79. The van der Waals surface area contributed by atoms with Crippen molar-refractivity contribution >= 4 is 5.91 Å². The van der Waals surface area contributed by atoms with Gasteiger partial charge in [0, 0.05) is 13.1 Å². The molecule has 0 unspecified atom stereocenters. The van der Waals surface area contributed by atoms with Crippen molar-refractivity contribution in [2.45, 2.75) is 6.92 Å². The van der Waals surface area contributed by atoms with Crippen LogP contribution in [-0.2, 0) is 0 Å².